The minimum Gasteiger partial charge on any atom is -0.324 e. The Hall–Kier alpha value is -4.24. The number of benzene rings is 3. The predicted octanol–water partition coefficient (Wildman–Crippen LogP) is 7.59. The van der Waals surface area contributed by atoms with Gasteiger partial charge in [0.25, 0.3) is 0 Å². The Bertz CT molecular complexity index is 1730. The molecular formula is C26H21F5N6O2S2. The third-order valence-electron chi connectivity index (χ3n) is 5.56. The first-order valence-electron chi connectivity index (χ1n) is 11.5. The van der Waals surface area contributed by atoms with Crippen LogP contribution in [0.3, 0.4) is 0 Å². The third-order valence-corrected chi connectivity index (χ3v) is 7.41. The van der Waals surface area contributed by atoms with Gasteiger partial charge in [-0.1, -0.05) is 12.1 Å². The zero-order chi connectivity index (χ0) is 29.9. The lowest BCUT2D eigenvalue weighted by Crippen LogP contribution is -2.21. The quantitative estimate of drug-likeness (QED) is 0.0975. The van der Waals surface area contributed by atoms with Gasteiger partial charge in [0.05, 0.1) is 26.7 Å². The number of carbonyl (C=O) groups excluding carboxylic acids is 1. The van der Waals surface area contributed by atoms with E-state index in [2.05, 4.69) is 20.6 Å². The highest BCUT2D eigenvalue weighted by Crippen LogP contribution is 2.33. The highest BCUT2D eigenvalue weighted by atomic mass is 32.2. The Morgan fingerprint density at radius 1 is 0.976 bits per heavy atom. The first-order chi connectivity index (χ1) is 19.2. The molecule has 4 rings (SSSR count). The van der Waals surface area contributed by atoms with Crippen LogP contribution in [0.2, 0.25) is 0 Å². The third kappa shape index (κ3) is 7.29. The van der Waals surface area contributed by atoms with Gasteiger partial charge in [-0.3, -0.25) is 0 Å². The standard InChI is InChI=1S/C26H21F5N6O2S2/c1-40-23-18(13-33-24(37-23)34-16-4-3-5-17(12-16)41(2,32)39)14-6-9-21(20(28)10-14)35-25(38)36-22-11-15(26(29,30)31)7-8-19(22)27/h3-13,32H,1-2H3,(H,33,34,37)(H2,35,36,38). The number of carbonyl (C=O) groups is 1. The number of hydrogen-bond donors (Lipinski definition) is 4. The van der Waals surface area contributed by atoms with Crippen molar-refractivity contribution < 1.29 is 31.0 Å². The van der Waals surface area contributed by atoms with Gasteiger partial charge in [-0.2, -0.15) is 13.2 Å². The van der Waals surface area contributed by atoms with Crippen LogP contribution in [0.4, 0.5) is 49.8 Å². The van der Waals surface area contributed by atoms with Crippen LogP contribution in [0.15, 0.2) is 76.8 Å². The summed E-state index contributed by atoms with van der Waals surface area (Å²) in [5, 5.41) is 7.57. The summed E-state index contributed by atoms with van der Waals surface area (Å²) in [6, 6.07) is 10.7. The number of urea groups is 1. The number of thioether (sulfide) groups is 1. The van der Waals surface area contributed by atoms with Crippen molar-refractivity contribution in [3.05, 3.63) is 84.1 Å². The first kappa shape index (κ1) is 29.7. The Balaban J connectivity index is 1.51. The van der Waals surface area contributed by atoms with Gasteiger partial charge in [0.2, 0.25) is 5.95 Å². The van der Waals surface area contributed by atoms with Crippen molar-refractivity contribution in [2.45, 2.75) is 16.1 Å². The lowest BCUT2D eigenvalue weighted by atomic mass is 10.1. The second kappa shape index (κ2) is 11.7. The van der Waals surface area contributed by atoms with E-state index < -0.39 is 44.8 Å². The molecule has 41 heavy (non-hydrogen) atoms. The fourth-order valence-electron chi connectivity index (χ4n) is 3.58. The highest BCUT2D eigenvalue weighted by Gasteiger charge is 2.31. The second-order valence-corrected chi connectivity index (χ2v) is 11.5. The topological polar surface area (TPSA) is 120 Å². The van der Waals surface area contributed by atoms with Crippen molar-refractivity contribution in [2.75, 3.05) is 28.5 Å². The molecule has 15 heteroatoms. The molecule has 0 fully saturated rings. The molecule has 4 aromatic rings. The van der Waals surface area contributed by atoms with Gasteiger partial charge in [0.15, 0.2) is 0 Å². The van der Waals surface area contributed by atoms with Crippen LogP contribution >= 0.6 is 11.8 Å². The molecular weight excluding hydrogens is 587 g/mol. The molecule has 0 spiro atoms. The predicted molar refractivity (Wildman–Crippen MR) is 148 cm³/mol. The number of rotatable bonds is 7. The van der Waals surface area contributed by atoms with Crippen LogP contribution in [-0.2, 0) is 15.9 Å². The maximum absolute atomic E-state index is 14.9. The maximum Gasteiger partial charge on any atom is 0.416 e. The summed E-state index contributed by atoms with van der Waals surface area (Å²) in [5.74, 6) is -1.76. The Kier molecular flexibility index (Phi) is 8.49. The molecule has 1 unspecified atom stereocenters. The van der Waals surface area contributed by atoms with Gasteiger partial charge in [-0.05, 0) is 60.4 Å². The molecule has 1 atom stereocenters. The number of halogens is 5. The fourth-order valence-corrected chi connectivity index (χ4v) is 4.84. The number of hydrogen-bond acceptors (Lipinski definition) is 7. The number of alkyl halides is 3. The molecule has 1 heterocycles. The van der Waals surface area contributed by atoms with E-state index in [4.69, 9.17) is 4.78 Å². The Labute approximate surface area is 235 Å². The summed E-state index contributed by atoms with van der Waals surface area (Å²) in [6.45, 7) is 0. The van der Waals surface area contributed by atoms with E-state index in [0.29, 0.717) is 44.9 Å². The van der Waals surface area contributed by atoms with E-state index in [-0.39, 0.29) is 11.6 Å². The number of aromatic nitrogens is 2. The molecule has 3 aromatic carbocycles. The van der Waals surface area contributed by atoms with E-state index in [0.717, 1.165) is 6.07 Å². The van der Waals surface area contributed by atoms with Crippen molar-refractivity contribution in [2.24, 2.45) is 0 Å². The van der Waals surface area contributed by atoms with E-state index in [1.54, 1.807) is 30.5 Å². The summed E-state index contributed by atoms with van der Waals surface area (Å²) in [5.41, 5.74) is -0.819. The zero-order valence-corrected chi connectivity index (χ0v) is 22.9. The largest absolute Gasteiger partial charge is 0.416 e. The average molecular weight is 609 g/mol. The summed E-state index contributed by atoms with van der Waals surface area (Å²) in [4.78, 5) is 21.3. The monoisotopic (exact) mass is 608 g/mol. The molecule has 0 saturated carbocycles. The van der Waals surface area contributed by atoms with E-state index in [9.17, 15) is 31.0 Å². The molecule has 0 aliphatic carbocycles. The number of nitrogens with one attached hydrogen (secondary N) is 4. The molecule has 0 aliphatic rings. The summed E-state index contributed by atoms with van der Waals surface area (Å²) in [6.07, 6.45) is -0.217. The fraction of sp³-hybridized carbons (Fsp3) is 0.115. The first-order valence-corrected chi connectivity index (χ1v) is 14.7. The molecule has 0 radical (unpaired) electrons. The molecule has 1 aromatic heterocycles. The summed E-state index contributed by atoms with van der Waals surface area (Å²) < 4.78 is 87.4. The van der Waals surface area contributed by atoms with Crippen molar-refractivity contribution in [3.8, 4) is 11.1 Å². The molecule has 0 aliphatic heterocycles. The maximum atomic E-state index is 14.9. The van der Waals surface area contributed by atoms with Crippen LogP contribution in [0.1, 0.15) is 5.56 Å². The van der Waals surface area contributed by atoms with Gasteiger partial charge < -0.3 is 16.0 Å². The van der Waals surface area contributed by atoms with Gasteiger partial charge in [-0.15, -0.1) is 11.8 Å². The lowest BCUT2D eigenvalue weighted by Gasteiger charge is -2.13. The highest BCUT2D eigenvalue weighted by molar-refractivity contribution is 7.98. The number of anilines is 4. The number of amides is 2. The van der Waals surface area contributed by atoms with Crippen molar-refractivity contribution in [3.63, 3.8) is 0 Å². The van der Waals surface area contributed by atoms with E-state index in [1.807, 2.05) is 5.32 Å². The zero-order valence-electron chi connectivity index (χ0n) is 21.3. The molecule has 4 N–H and O–H groups in total. The van der Waals surface area contributed by atoms with Crippen molar-refractivity contribution in [1.29, 1.82) is 4.78 Å². The minimum atomic E-state index is -4.75. The van der Waals surface area contributed by atoms with E-state index >= 15 is 0 Å². The summed E-state index contributed by atoms with van der Waals surface area (Å²) >= 11 is 1.26. The smallest absolute Gasteiger partial charge is 0.324 e. The van der Waals surface area contributed by atoms with E-state index in [1.165, 1.54) is 36.3 Å². The number of nitrogens with zero attached hydrogens (tertiary/aromatic N) is 2. The van der Waals surface area contributed by atoms with Crippen LogP contribution in [0.25, 0.3) is 11.1 Å². The SMILES string of the molecule is CSc1nc(Nc2cccc(S(C)(=N)=O)c2)ncc1-c1ccc(NC(=O)Nc2cc(C(F)(F)F)ccc2F)c(F)c1. The van der Waals surface area contributed by atoms with Gasteiger partial charge in [-0.25, -0.2) is 32.5 Å². The van der Waals surface area contributed by atoms with Crippen LogP contribution < -0.4 is 16.0 Å². The van der Waals surface area contributed by atoms with Crippen molar-refractivity contribution >= 4 is 50.5 Å². The minimum absolute atomic E-state index is 0.208. The molecule has 214 valence electrons. The van der Waals surface area contributed by atoms with Crippen LogP contribution in [-0.4, -0.2) is 32.7 Å². The normalized spacial score (nSPS) is 12.9. The molecule has 0 saturated heterocycles. The average Bonchev–Trinajstić information content (AvgIpc) is 2.90. The Morgan fingerprint density at radius 3 is 2.37 bits per heavy atom. The van der Waals surface area contributed by atoms with Crippen LogP contribution in [0, 0.1) is 16.4 Å². The molecule has 8 nitrogen and oxygen atoms in total. The lowest BCUT2D eigenvalue weighted by molar-refractivity contribution is -0.137. The summed E-state index contributed by atoms with van der Waals surface area (Å²) in [7, 11) is -2.92. The molecule has 0 bridgehead atoms. The van der Waals surface area contributed by atoms with Crippen molar-refractivity contribution in [1.82, 2.24) is 9.97 Å². The molecule has 2 amide bonds. The van der Waals surface area contributed by atoms with Crippen LogP contribution in [0.5, 0.6) is 0 Å². The Morgan fingerprint density at radius 2 is 1.71 bits per heavy atom. The van der Waals surface area contributed by atoms with Gasteiger partial charge in [0.1, 0.15) is 16.7 Å². The van der Waals surface area contributed by atoms with Gasteiger partial charge >= 0.3 is 12.2 Å². The second-order valence-electron chi connectivity index (χ2n) is 8.58. The van der Waals surface area contributed by atoms with Gasteiger partial charge in [0, 0.05) is 28.6 Å².